The Balaban J connectivity index is 1.34. The molecular weight excluding hydrogens is 402 g/mol. The van der Waals surface area contributed by atoms with E-state index in [1.165, 1.54) is 37.8 Å². The van der Waals surface area contributed by atoms with E-state index in [0.29, 0.717) is 17.6 Å². The Bertz CT molecular complexity index is 1050. The van der Waals surface area contributed by atoms with Crippen LogP contribution in [-0.4, -0.2) is 52.3 Å². The number of morpholine rings is 1. The second kappa shape index (κ2) is 9.32. The van der Waals surface area contributed by atoms with Crippen LogP contribution in [0.25, 0.3) is 11.2 Å². The summed E-state index contributed by atoms with van der Waals surface area (Å²) in [4.78, 5) is 19.4. The van der Waals surface area contributed by atoms with Crippen LogP contribution in [0.1, 0.15) is 44.6 Å². The molecule has 0 bridgehead atoms. The zero-order valence-electron chi connectivity index (χ0n) is 19.0. The lowest BCUT2D eigenvalue weighted by molar-refractivity contribution is 0.122. The third kappa shape index (κ3) is 4.50. The molecule has 0 atom stereocenters. The smallest absolute Gasteiger partial charge is 0.231 e. The molecule has 3 aromatic rings. The van der Waals surface area contributed by atoms with Crippen molar-refractivity contribution in [1.82, 2.24) is 19.9 Å². The SMILES string of the molecule is CCC1CCC(Nc2nc(Nc3ccc(N4CCOCC4)cc3C)nc3nc[nH]c23)CC1. The predicted octanol–water partition coefficient (Wildman–Crippen LogP) is 4.62. The molecule has 0 spiro atoms. The van der Waals surface area contributed by atoms with Gasteiger partial charge in [-0.3, -0.25) is 0 Å². The maximum atomic E-state index is 5.47. The molecule has 2 aromatic heterocycles. The number of ether oxygens (including phenoxy) is 1. The fraction of sp³-hybridized carbons (Fsp3) is 0.542. The van der Waals surface area contributed by atoms with Crippen LogP contribution in [0.3, 0.4) is 0 Å². The van der Waals surface area contributed by atoms with Crippen LogP contribution in [-0.2, 0) is 4.74 Å². The van der Waals surface area contributed by atoms with E-state index in [2.05, 4.69) is 62.5 Å². The number of H-pyrrole nitrogens is 1. The average Bonchev–Trinajstić information content (AvgIpc) is 3.30. The van der Waals surface area contributed by atoms with E-state index in [-0.39, 0.29) is 0 Å². The first-order valence-corrected chi connectivity index (χ1v) is 11.9. The van der Waals surface area contributed by atoms with Gasteiger partial charge in [0.15, 0.2) is 11.5 Å². The van der Waals surface area contributed by atoms with Crippen LogP contribution < -0.4 is 15.5 Å². The fourth-order valence-electron chi connectivity index (χ4n) is 4.83. The number of aromatic nitrogens is 4. The van der Waals surface area contributed by atoms with E-state index in [0.717, 1.165) is 54.8 Å². The Hall–Kier alpha value is -2.87. The van der Waals surface area contributed by atoms with Crippen molar-refractivity contribution in [2.45, 2.75) is 52.0 Å². The minimum absolute atomic E-state index is 0.446. The summed E-state index contributed by atoms with van der Waals surface area (Å²) in [6.45, 7) is 7.84. The molecule has 8 heteroatoms. The van der Waals surface area contributed by atoms with Gasteiger partial charge in [0.1, 0.15) is 5.52 Å². The highest BCUT2D eigenvalue weighted by Crippen LogP contribution is 2.31. The highest BCUT2D eigenvalue weighted by atomic mass is 16.5. The molecule has 3 heterocycles. The van der Waals surface area contributed by atoms with Gasteiger partial charge in [0.05, 0.1) is 19.5 Å². The number of rotatable bonds is 6. The van der Waals surface area contributed by atoms with Gasteiger partial charge in [0.25, 0.3) is 0 Å². The molecule has 5 rings (SSSR count). The first-order valence-electron chi connectivity index (χ1n) is 11.9. The Kier molecular flexibility index (Phi) is 6.12. The molecule has 0 amide bonds. The van der Waals surface area contributed by atoms with Gasteiger partial charge in [-0.05, 0) is 62.3 Å². The molecule has 1 saturated heterocycles. The first-order chi connectivity index (χ1) is 15.7. The van der Waals surface area contributed by atoms with Crippen molar-refractivity contribution in [3.05, 3.63) is 30.1 Å². The lowest BCUT2D eigenvalue weighted by atomic mass is 9.84. The van der Waals surface area contributed by atoms with Gasteiger partial charge in [-0.25, -0.2) is 4.98 Å². The monoisotopic (exact) mass is 435 g/mol. The number of aromatic amines is 1. The maximum absolute atomic E-state index is 5.47. The van der Waals surface area contributed by atoms with E-state index in [1.807, 2.05) is 0 Å². The van der Waals surface area contributed by atoms with Gasteiger partial charge in [0, 0.05) is 30.5 Å². The van der Waals surface area contributed by atoms with Crippen molar-refractivity contribution >= 4 is 34.3 Å². The molecule has 0 radical (unpaired) electrons. The van der Waals surface area contributed by atoms with Gasteiger partial charge >= 0.3 is 0 Å². The number of nitrogens with one attached hydrogen (secondary N) is 3. The normalized spacial score (nSPS) is 21.6. The number of imidazole rings is 1. The number of benzene rings is 1. The highest BCUT2D eigenvalue weighted by molar-refractivity contribution is 5.84. The molecule has 8 nitrogen and oxygen atoms in total. The largest absolute Gasteiger partial charge is 0.378 e. The minimum atomic E-state index is 0.446. The summed E-state index contributed by atoms with van der Waals surface area (Å²) >= 11 is 0. The fourth-order valence-corrected chi connectivity index (χ4v) is 4.83. The van der Waals surface area contributed by atoms with Crippen molar-refractivity contribution in [2.75, 3.05) is 41.8 Å². The summed E-state index contributed by atoms with van der Waals surface area (Å²) in [5.41, 5.74) is 4.94. The molecule has 170 valence electrons. The summed E-state index contributed by atoms with van der Waals surface area (Å²) in [6, 6.07) is 6.92. The summed E-state index contributed by atoms with van der Waals surface area (Å²) in [5.74, 6) is 2.26. The number of hydrogen-bond acceptors (Lipinski definition) is 7. The Morgan fingerprint density at radius 2 is 1.94 bits per heavy atom. The summed E-state index contributed by atoms with van der Waals surface area (Å²) in [5, 5.41) is 7.09. The summed E-state index contributed by atoms with van der Waals surface area (Å²) in [6.07, 6.45) is 7.90. The van der Waals surface area contributed by atoms with Crippen molar-refractivity contribution in [3.63, 3.8) is 0 Å². The molecule has 1 aliphatic carbocycles. The van der Waals surface area contributed by atoms with Gasteiger partial charge < -0.3 is 25.3 Å². The van der Waals surface area contributed by atoms with Gasteiger partial charge in [-0.2, -0.15) is 9.97 Å². The number of fused-ring (bicyclic) bond motifs is 1. The molecule has 32 heavy (non-hydrogen) atoms. The molecule has 1 saturated carbocycles. The Labute approximate surface area is 189 Å². The topological polar surface area (TPSA) is 91.0 Å². The van der Waals surface area contributed by atoms with Crippen molar-refractivity contribution in [3.8, 4) is 0 Å². The highest BCUT2D eigenvalue weighted by Gasteiger charge is 2.22. The second-order valence-corrected chi connectivity index (χ2v) is 8.99. The van der Waals surface area contributed by atoms with E-state index in [4.69, 9.17) is 9.72 Å². The van der Waals surface area contributed by atoms with Crippen LogP contribution in [0.15, 0.2) is 24.5 Å². The minimum Gasteiger partial charge on any atom is -0.378 e. The Morgan fingerprint density at radius 3 is 2.69 bits per heavy atom. The number of nitrogens with zero attached hydrogens (tertiary/aromatic N) is 4. The van der Waals surface area contributed by atoms with Crippen LogP contribution in [0.2, 0.25) is 0 Å². The van der Waals surface area contributed by atoms with Crippen LogP contribution in [0.5, 0.6) is 0 Å². The van der Waals surface area contributed by atoms with Crippen LogP contribution in [0, 0.1) is 12.8 Å². The third-order valence-electron chi connectivity index (χ3n) is 6.88. The summed E-state index contributed by atoms with van der Waals surface area (Å²) < 4.78 is 5.47. The van der Waals surface area contributed by atoms with Crippen molar-refractivity contribution < 1.29 is 4.74 Å². The Morgan fingerprint density at radius 1 is 1.12 bits per heavy atom. The van der Waals surface area contributed by atoms with Gasteiger partial charge in [-0.1, -0.05) is 13.3 Å². The first kappa shape index (κ1) is 21.0. The third-order valence-corrected chi connectivity index (χ3v) is 6.88. The number of hydrogen-bond donors (Lipinski definition) is 3. The van der Waals surface area contributed by atoms with Gasteiger partial charge in [0.2, 0.25) is 5.95 Å². The summed E-state index contributed by atoms with van der Waals surface area (Å²) in [7, 11) is 0. The van der Waals surface area contributed by atoms with Gasteiger partial charge in [-0.15, -0.1) is 0 Å². The van der Waals surface area contributed by atoms with Crippen LogP contribution in [0.4, 0.5) is 23.1 Å². The molecule has 1 aliphatic heterocycles. The van der Waals surface area contributed by atoms with E-state index in [9.17, 15) is 0 Å². The molecule has 3 N–H and O–H groups in total. The predicted molar refractivity (Wildman–Crippen MR) is 129 cm³/mol. The van der Waals surface area contributed by atoms with Crippen molar-refractivity contribution in [2.24, 2.45) is 5.92 Å². The number of aryl methyl sites for hydroxylation is 1. The molecule has 1 aromatic carbocycles. The zero-order valence-corrected chi connectivity index (χ0v) is 19.0. The average molecular weight is 436 g/mol. The van der Waals surface area contributed by atoms with E-state index < -0.39 is 0 Å². The van der Waals surface area contributed by atoms with Crippen molar-refractivity contribution in [1.29, 1.82) is 0 Å². The molecule has 0 unspecified atom stereocenters. The van der Waals surface area contributed by atoms with E-state index in [1.54, 1.807) is 6.33 Å². The molecule has 2 fully saturated rings. The quantitative estimate of drug-likeness (QED) is 0.520. The standard InChI is InChI=1S/C24H33N7O/c1-3-17-4-6-18(7-5-17)27-23-21-22(26-15-25-21)29-24(30-23)28-20-9-8-19(14-16(20)2)31-10-12-32-13-11-31/h8-9,14-15,17-18H,3-7,10-13H2,1-2H3,(H3,25,26,27,28,29,30). The van der Waals surface area contributed by atoms with Crippen LogP contribution >= 0.6 is 0 Å². The lowest BCUT2D eigenvalue weighted by Gasteiger charge is -2.29. The molecular formula is C24H33N7O. The molecule has 2 aliphatic rings. The zero-order chi connectivity index (χ0) is 21.9. The van der Waals surface area contributed by atoms with E-state index >= 15 is 0 Å². The second-order valence-electron chi connectivity index (χ2n) is 8.99. The number of anilines is 4. The maximum Gasteiger partial charge on any atom is 0.231 e. The lowest BCUT2D eigenvalue weighted by Crippen LogP contribution is -2.36.